The molecule has 11 heteroatoms. The predicted octanol–water partition coefficient (Wildman–Crippen LogP) is -2.58. The van der Waals surface area contributed by atoms with Crippen molar-refractivity contribution in [2.24, 2.45) is 0 Å². The number of hydrogen-bond acceptors (Lipinski definition) is 3. The van der Waals surface area contributed by atoms with E-state index in [-0.39, 0.29) is 46.1 Å². The number of hydrogen-bond donors (Lipinski definition) is 5. The van der Waals surface area contributed by atoms with Crippen molar-refractivity contribution in [1.29, 1.82) is 0 Å². The second kappa shape index (κ2) is 17.0. The molecule has 0 saturated heterocycles. The molecule has 0 rings (SSSR count). The second-order valence-electron chi connectivity index (χ2n) is 1.55. The lowest BCUT2D eigenvalue weighted by molar-refractivity contribution is -0.135. The molecular formula is C4H15Mg2O8P. The molecule has 0 fully saturated rings. The van der Waals surface area contributed by atoms with Crippen molar-refractivity contribution in [1.82, 2.24) is 0 Å². The van der Waals surface area contributed by atoms with Crippen molar-refractivity contribution in [3.8, 4) is 0 Å². The van der Waals surface area contributed by atoms with E-state index in [9.17, 15) is 0 Å². The van der Waals surface area contributed by atoms with Crippen LogP contribution in [0, 0.1) is 0 Å². The summed E-state index contributed by atoms with van der Waals surface area (Å²) in [5.41, 5.74) is 0. The molecule has 0 aliphatic heterocycles. The van der Waals surface area contributed by atoms with Gasteiger partial charge in [0.25, 0.3) is 11.9 Å². The zero-order chi connectivity index (χ0) is 11.7. The molecular weight excluding hydrogens is 256 g/mol. The lowest BCUT2D eigenvalue weighted by Gasteiger charge is -1.82. The van der Waals surface area contributed by atoms with Crippen LogP contribution in [0.3, 0.4) is 0 Å². The number of carboxylic acids is 2. The number of carbonyl (C=O) groups is 2. The fourth-order valence-corrected chi connectivity index (χ4v) is 0. The molecule has 0 aromatic carbocycles. The molecule has 0 heterocycles. The van der Waals surface area contributed by atoms with Gasteiger partial charge in [-0.1, -0.05) is 0 Å². The van der Waals surface area contributed by atoms with Crippen LogP contribution in [0.2, 0.25) is 0 Å². The summed E-state index contributed by atoms with van der Waals surface area (Å²) in [6, 6.07) is 0. The van der Waals surface area contributed by atoms with Crippen molar-refractivity contribution in [2.75, 3.05) is 0 Å². The van der Waals surface area contributed by atoms with Gasteiger partial charge in [-0.15, -0.1) is 0 Å². The Balaban J connectivity index is -0.0000000315. The first kappa shape index (κ1) is 29.6. The van der Waals surface area contributed by atoms with Gasteiger partial charge in [0.2, 0.25) is 0 Å². The van der Waals surface area contributed by atoms with Gasteiger partial charge in [-0.3, -0.25) is 9.59 Å². The van der Waals surface area contributed by atoms with E-state index < -0.39 is 19.8 Å². The van der Waals surface area contributed by atoms with Gasteiger partial charge in [-0.05, 0) is 0 Å². The SMILES string of the molecule is CC(=O)O.CC(=O)O.O=P(O)(O)O.[MgH2].[MgH2]. The van der Waals surface area contributed by atoms with Gasteiger partial charge in [0.1, 0.15) is 0 Å². The Kier molecular flexibility index (Phi) is 33.5. The third-order valence-corrected chi connectivity index (χ3v) is 0. The summed E-state index contributed by atoms with van der Waals surface area (Å²) in [7, 11) is -4.64. The van der Waals surface area contributed by atoms with E-state index in [0.717, 1.165) is 13.8 Å². The van der Waals surface area contributed by atoms with E-state index in [1.54, 1.807) is 0 Å². The zero-order valence-corrected chi connectivity index (χ0v) is 7.80. The highest BCUT2D eigenvalue weighted by molar-refractivity contribution is 7.45. The van der Waals surface area contributed by atoms with Crippen molar-refractivity contribution in [3.05, 3.63) is 0 Å². The van der Waals surface area contributed by atoms with Gasteiger partial charge < -0.3 is 24.9 Å². The molecule has 0 radical (unpaired) electrons. The fourth-order valence-electron chi connectivity index (χ4n) is 0. The molecule has 0 aliphatic carbocycles. The first-order chi connectivity index (χ1) is 5.46. The highest BCUT2D eigenvalue weighted by Crippen LogP contribution is 2.25. The van der Waals surface area contributed by atoms with E-state index in [4.69, 9.17) is 39.0 Å². The first-order valence-corrected chi connectivity index (χ1v) is 4.20. The quantitative estimate of drug-likeness (QED) is 0.238. The van der Waals surface area contributed by atoms with Crippen LogP contribution in [-0.4, -0.2) is 82.9 Å². The van der Waals surface area contributed by atoms with Gasteiger partial charge in [0, 0.05) is 13.8 Å². The van der Waals surface area contributed by atoms with Gasteiger partial charge in [0.05, 0.1) is 0 Å². The summed E-state index contributed by atoms with van der Waals surface area (Å²) in [6.07, 6.45) is 0. The van der Waals surface area contributed by atoms with Crippen LogP contribution in [0.1, 0.15) is 13.8 Å². The molecule has 88 valence electrons. The van der Waals surface area contributed by atoms with E-state index >= 15 is 0 Å². The van der Waals surface area contributed by atoms with Crippen LogP contribution >= 0.6 is 7.82 Å². The first-order valence-electron chi connectivity index (χ1n) is 2.64. The predicted molar refractivity (Wildman–Crippen MR) is 58.0 cm³/mol. The number of rotatable bonds is 0. The Morgan fingerprint density at radius 1 is 0.867 bits per heavy atom. The molecule has 15 heavy (non-hydrogen) atoms. The molecule has 0 amide bonds. The molecule has 0 aromatic rings. The third-order valence-electron chi connectivity index (χ3n) is 0. The summed E-state index contributed by atoms with van der Waals surface area (Å²) < 4.78 is 8.88. The lowest BCUT2D eigenvalue weighted by Crippen LogP contribution is -1.78. The Morgan fingerprint density at radius 2 is 0.867 bits per heavy atom. The lowest BCUT2D eigenvalue weighted by atomic mass is 10.9. The maximum atomic E-state index is 9.00. The fraction of sp³-hybridized carbons (Fsp3) is 0.500. The minimum atomic E-state index is -4.64. The minimum absolute atomic E-state index is 0. The van der Waals surface area contributed by atoms with E-state index in [1.165, 1.54) is 0 Å². The molecule has 5 N–H and O–H groups in total. The van der Waals surface area contributed by atoms with Crippen LogP contribution < -0.4 is 0 Å². The van der Waals surface area contributed by atoms with Gasteiger partial charge in [-0.25, -0.2) is 4.57 Å². The average Bonchev–Trinajstić information content (AvgIpc) is 1.50. The van der Waals surface area contributed by atoms with Crippen LogP contribution in [0.5, 0.6) is 0 Å². The van der Waals surface area contributed by atoms with Crippen LogP contribution in [-0.2, 0) is 14.2 Å². The molecule has 0 aliphatic rings. The smallest absolute Gasteiger partial charge is 0.466 e. The standard InChI is InChI=1S/2C2H4O2.2Mg.H3O4P.4H/c2*1-2(3)4;;;1-5(2,3)4;;;;/h2*1H3,(H,3,4);;;(H3,1,2,3,4);;;;. The maximum Gasteiger partial charge on any atom is 0.466 e. The number of carboxylic acid groups (broad SMARTS) is 2. The largest absolute Gasteiger partial charge is 0.481 e. The maximum absolute atomic E-state index is 9.00. The number of aliphatic carboxylic acids is 2. The van der Waals surface area contributed by atoms with Crippen molar-refractivity contribution < 1.29 is 39.0 Å². The summed E-state index contributed by atoms with van der Waals surface area (Å²) in [4.78, 5) is 39.6. The topological polar surface area (TPSA) is 152 Å². The Hall–Kier alpha value is 0.582. The summed E-state index contributed by atoms with van der Waals surface area (Å²) in [5, 5.41) is 14.8. The molecule has 0 aromatic heterocycles. The van der Waals surface area contributed by atoms with Crippen LogP contribution in [0.25, 0.3) is 0 Å². The van der Waals surface area contributed by atoms with E-state index in [0.29, 0.717) is 0 Å². The van der Waals surface area contributed by atoms with Crippen molar-refractivity contribution in [2.45, 2.75) is 13.8 Å². The molecule has 8 nitrogen and oxygen atoms in total. The molecule has 0 spiro atoms. The van der Waals surface area contributed by atoms with E-state index in [1.807, 2.05) is 0 Å². The zero-order valence-electron chi connectivity index (χ0n) is 6.91. The Labute approximate surface area is 118 Å². The Bertz CT molecular complexity index is 173. The van der Waals surface area contributed by atoms with Crippen molar-refractivity contribution >= 4 is 65.9 Å². The minimum Gasteiger partial charge on any atom is -0.481 e. The monoisotopic (exact) mass is 270 g/mol. The highest BCUT2D eigenvalue weighted by Gasteiger charge is 2.00. The summed E-state index contributed by atoms with van der Waals surface area (Å²) in [5.74, 6) is -1.67. The summed E-state index contributed by atoms with van der Waals surface area (Å²) in [6.45, 7) is 2.17. The molecule has 0 atom stereocenters. The highest BCUT2D eigenvalue weighted by atomic mass is 31.2. The molecule has 0 unspecified atom stereocenters. The second-order valence-corrected chi connectivity index (χ2v) is 2.58. The van der Waals surface area contributed by atoms with Gasteiger partial charge >= 0.3 is 53.9 Å². The normalized spacial score (nSPS) is 7.27. The van der Waals surface area contributed by atoms with Crippen molar-refractivity contribution in [3.63, 3.8) is 0 Å². The Morgan fingerprint density at radius 3 is 0.867 bits per heavy atom. The van der Waals surface area contributed by atoms with Gasteiger partial charge in [0.15, 0.2) is 0 Å². The number of phosphoric acid groups is 1. The summed E-state index contributed by atoms with van der Waals surface area (Å²) >= 11 is 0. The van der Waals surface area contributed by atoms with E-state index in [2.05, 4.69) is 0 Å². The van der Waals surface area contributed by atoms with Crippen LogP contribution in [0.4, 0.5) is 0 Å². The van der Waals surface area contributed by atoms with Gasteiger partial charge in [-0.2, -0.15) is 0 Å². The third kappa shape index (κ3) is 6800. The molecule has 0 bridgehead atoms. The van der Waals surface area contributed by atoms with Crippen LogP contribution in [0.15, 0.2) is 0 Å². The average molecular weight is 271 g/mol. The molecule has 0 saturated carbocycles.